The van der Waals surface area contributed by atoms with Gasteiger partial charge in [-0.15, -0.1) is 6.58 Å². The van der Waals surface area contributed by atoms with Gasteiger partial charge in [-0.25, -0.2) is 19.6 Å². The molecule has 0 aromatic carbocycles. The summed E-state index contributed by atoms with van der Waals surface area (Å²) in [6, 6.07) is 1.86. The molecule has 3 heterocycles. The first-order valence-corrected chi connectivity index (χ1v) is 10.0. The molecule has 0 amide bonds. The van der Waals surface area contributed by atoms with Gasteiger partial charge in [0.1, 0.15) is 12.1 Å². The van der Waals surface area contributed by atoms with E-state index in [1.54, 1.807) is 13.2 Å². The SMILES string of the molecule is C=CCOCc1cncc2c1CCN(c1cc(OC)ncn1)C2.O=C(O)C(F)(F)F.O=C(O)C(F)(F)F. The van der Waals surface area contributed by atoms with E-state index in [4.69, 9.17) is 29.3 Å². The normalized spacial score (nSPS) is 12.7. The third-order valence-electron chi connectivity index (χ3n) is 4.37. The third kappa shape index (κ3) is 10.7. The van der Waals surface area contributed by atoms with Crippen molar-refractivity contribution in [1.29, 1.82) is 0 Å². The number of aliphatic carboxylic acids is 2. The van der Waals surface area contributed by atoms with E-state index >= 15 is 0 Å². The maximum absolute atomic E-state index is 10.6. The molecule has 2 aromatic heterocycles. The van der Waals surface area contributed by atoms with Gasteiger partial charge in [-0.1, -0.05) is 6.08 Å². The number of alkyl halides is 6. The molecule has 0 spiro atoms. The Bertz CT molecular complexity index is 1040. The molecule has 37 heavy (non-hydrogen) atoms. The van der Waals surface area contributed by atoms with E-state index in [-0.39, 0.29) is 0 Å². The highest BCUT2D eigenvalue weighted by atomic mass is 19.4. The zero-order valence-corrected chi connectivity index (χ0v) is 19.2. The molecule has 0 atom stereocenters. The maximum Gasteiger partial charge on any atom is 0.490 e. The zero-order chi connectivity index (χ0) is 28.2. The van der Waals surface area contributed by atoms with Crippen LogP contribution in [0, 0.1) is 0 Å². The second-order valence-corrected chi connectivity index (χ2v) is 6.94. The van der Waals surface area contributed by atoms with Gasteiger partial charge in [-0.3, -0.25) is 4.98 Å². The summed E-state index contributed by atoms with van der Waals surface area (Å²) >= 11 is 0. The Hall–Kier alpha value is -3.95. The lowest BCUT2D eigenvalue weighted by Gasteiger charge is -2.30. The Kier molecular flexibility index (Phi) is 11.7. The number of fused-ring (bicyclic) bond motifs is 1. The topological polar surface area (TPSA) is 135 Å². The Morgan fingerprint density at radius 1 is 1.11 bits per heavy atom. The minimum atomic E-state index is -5.08. The highest BCUT2D eigenvalue weighted by Crippen LogP contribution is 2.26. The van der Waals surface area contributed by atoms with Gasteiger partial charge in [0.15, 0.2) is 0 Å². The number of rotatable bonds is 6. The number of methoxy groups -OCH3 is 1. The molecule has 0 saturated carbocycles. The summed E-state index contributed by atoms with van der Waals surface area (Å²) < 4.78 is 74.2. The van der Waals surface area contributed by atoms with Crippen molar-refractivity contribution >= 4 is 17.8 Å². The number of hydrogen-bond donors (Lipinski definition) is 2. The third-order valence-corrected chi connectivity index (χ3v) is 4.37. The number of ether oxygens (including phenoxy) is 2. The number of pyridine rings is 1. The number of hydrogen-bond acceptors (Lipinski definition) is 8. The van der Waals surface area contributed by atoms with Gasteiger partial charge in [-0.2, -0.15) is 26.3 Å². The van der Waals surface area contributed by atoms with Crippen molar-refractivity contribution in [3.63, 3.8) is 0 Å². The number of halogens is 6. The first kappa shape index (κ1) is 31.1. The summed E-state index contributed by atoms with van der Waals surface area (Å²) in [4.78, 5) is 32.8. The first-order chi connectivity index (χ1) is 17.2. The standard InChI is InChI=1S/C17H20N4O2.2C2HF3O2/c1-3-6-23-11-14-9-18-8-13-10-21(5-4-15(13)14)16-7-17(22-2)20-12-19-16;2*3-2(4,5)1(6)7/h3,7-9,12H,1,4-6,10-11H2,2H3;2*(H,6,7). The van der Waals surface area contributed by atoms with Crippen molar-refractivity contribution in [1.82, 2.24) is 15.0 Å². The minimum Gasteiger partial charge on any atom is -0.481 e. The van der Waals surface area contributed by atoms with Crippen LogP contribution in [-0.2, 0) is 33.9 Å². The number of aromatic nitrogens is 3. The highest BCUT2D eigenvalue weighted by Gasteiger charge is 2.38. The van der Waals surface area contributed by atoms with Crippen LogP contribution >= 0.6 is 0 Å². The van der Waals surface area contributed by atoms with Crippen LogP contribution in [-0.4, -0.2) is 69.7 Å². The lowest BCUT2D eigenvalue weighted by atomic mass is 9.97. The van der Waals surface area contributed by atoms with Crippen molar-refractivity contribution < 1.29 is 55.6 Å². The predicted molar refractivity (Wildman–Crippen MR) is 115 cm³/mol. The smallest absolute Gasteiger partial charge is 0.481 e. The molecule has 2 N–H and O–H groups in total. The van der Waals surface area contributed by atoms with E-state index in [0.29, 0.717) is 19.1 Å². The van der Waals surface area contributed by atoms with E-state index in [2.05, 4.69) is 26.4 Å². The second kappa shape index (κ2) is 14.0. The Morgan fingerprint density at radius 2 is 1.70 bits per heavy atom. The van der Waals surface area contributed by atoms with Crippen LogP contribution in [0.3, 0.4) is 0 Å². The van der Waals surface area contributed by atoms with Gasteiger partial charge in [-0.05, 0) is 23.1 Å². The summed E-state index contributed by atoms with van der Waals surface area (Å²) in [5.41, 5.74) is 3.71. The van der Waals surface area contributed by atoms with Crippen molar-refractivity contribution in [2.45, 2.75) is 31.9 Å². The van der Waals surface area contributed by atoms with Gasteiger partial charge in [0.05, 0.1) is 20.3 Å². The molecule has 0 bridgehead atoms. The number of anilines is 1. The molecular formula is C21H22F6N4O6. The minimum absolute atomic E-state index is 0.552. The van der Waals surface area contributed by atoms with Crippen LogP contribution in [0.15, 0.2) is 37.4 Å². The fourth-order valence-electron chi connectivity index (χ4n) is 2.75. The fourth-order valence-corrected chi connectivity index (χ4v) is 2.75. The maximum atomic E-state index is 10.6. The quantitative estimate of drug-likeness (QED) is 0.319. The number of carbonyl (C=O) groups is 2. The van der Waals surface area contributed by atoms with Crippen molar-refractivity contribution in [2.24, 2.45) is 0 Å². The van der Waals surface area contributed by atoms with Crippen LogP contribution in [0.5, 0.6) is 5.88 Å². The number of nitrogens with zero attached hydrogens (tertiary/aromatic N) is 4. The van der Waals surface area contributed by atoms with E-state index in [9.17, 15) is 26.3 Å². The summed E-state index contributed by atoms with van der Waals surface area (Å²) in [5.74, 6) is -4.07. The molecule has 204 valence electrons. The summed E-state index contributed by atoms with van der Waals surface area (Å²) in [7, 11) is 1.61. The largest absolute Gasteiger partial charge is 0.490 e. The molecule has 0 radical (unpaired) electrons. The van der Waals surface area contributed by atoms with Gasteiger partial charge < -0.3 is 24.6 Å². The molecule has 0 aliphatic carbocycles. The number of carboxylic acid groups (broad SMARTS) is 2. The molecule has 0 unspecified atom stereocenters. The average Bonchev–Trinajstić information content (AvgIpc) is 2.83. The molecule has 10 nitrogen and oxygen atoms in total. The van der Waals surface area contributed by atoms with Crippen molar-refractivity contribution in [3.8, 4) is 5.88 Å². The summed E-state index contributed by atoms with van der Waals surface area (Å²) in [6.45, 7) is 6.46. The molecule has 0 fully saturated rings. The summed E-state index contributed by atoms with van der Waals surface area (Å²) in [5, 5.41) is 14.2. The molecular weight excluding hydrogens is 518 g/mol. The Balaban J connectivity index is 0.000000404. The van der Waals surface area contributed by atoms with E-state index in [1.165, 1.54) is 17.5 Å². The lowest BCUT2D eigenvalue weighted by Crippen LogP contribution is -2.32. The van der Waals surface area contributed by atoms with Crippen LogP contribution in [0.1, 0.15) is 16.7 Å². The number of carboxylic acids is 2. The van der Waals surface area contributed by atoms with E-state index in [0.717, 1.165) is 30.9 Å². The van der Waals surface area contributed by atoms with Crippen LogP contribution in [0.2, 0.25) is 0 Å². The molecule has 1 aliphatic heterocycles. The van der Waals surface area contributed by atoms with E-state index in [1.807, 2.05) is 18.5 Å². The van der Waals surface area contributed by atoms with Gasteiger partial charge in [0.2, 0.25) is 5.88 Å². The Labute approximate surface area is 206 Å². The monoisotopic (exact) mass is 540 g/mol. The Morgan fingerprint density at radius 3 is 2.22 bits per heavy atom. The van der Waals surface area contributed by atoms with Gasteiger partial charge in [0.25, 0.3) is 0 Å². The van der Waals surface area contributed by atoms with Gasteiger partial charge in [0, 0.05) is 31.5 Å². The highest BCUT2D eigenvalue weighted by molar-refractivity contribution is 5.73. The molecule has 3 rings (SSSR count). The van der Waals surface area contributed by atoms with Crippen LogP contribution < -0.4 is 9.64 Å². The second-order valence-electron chi connectivity index (χ2n) is 6.94. The molecule has 1 aliphatic rings. The van der Waals surface area contributed by atoms with Crippen LogP contribution in [0.25, 0.3) is 0 Å². The zero-order valence-electron chi connectivity index (χ0n) is 19.2. The molecule has 16 heteroatoms. The summed E-state index contributed by atoms with van der Waals surface area (Å²) in [6.07, 6.45) is -2.12. The van der Waals surface area contributed by atoms with Gasteiger partial charge >= 0.3 is 24.3 Å². The van der Waals surface area contributed by atoms with Crippen LogP contribution in [0.4, 0.5) is 32.2 Å². The molecule has 2 aromatic rings. The lowest BCUT2D eigenvalue weighted by molar-refractivity contribution is -0.193. The molecule has 0 saturated heterocycles. The van der Waals surface area contributed by atoms with Crippen molar-refractivity contribution in [3.05, 3.63) is 54.1 Å². The first-order valence-electron chi connectivity index (χ1n) is 10.0. The fraction of sp³-hybridized carbons (Fsp3) is 0.381. The van der Waals surface area contributed by atoms with Crippen molar-refractivity contribution in [2.75, 3.05) is 25.2 Å². The average molecular weight is 540 g/mol. The van der Waals surface area contributed by atoms with E-state index < -0.39 is 24.3 Å². The predicted octanol–water partition coefficient (Wildman–Crippen LogP) is 3.41.